The van der Waals surface area contributed by atoms with Crippen molar-refractivity contribution < 1.29 is 27.9 Å². The Bertz CT molecular complexity index is 3460. The number of halogens is 3. The Morgan fingerprint density at radius 2 is 0.826 bits per heavy atom. The first kappa shape index (κ1) is 68.6. The van der Waals surface area contributed by atoms with Crippen LogP contribution >= 0.6 is 34.8 Å². The van der Waals surface area contributed by atoms with E-state index in [1.807, 2.05) is 126 Å². The van der Waals surface area contributed by atoms with Crippen molar-refractivity contribution in [2.24, 2.45) is 0 Å². The quantitative estimate of drug-likeness (QED) is 0.148. The molecule has 3 saturated heterocycles. The van der Waals surface area contributed by atoms with Gasteiger partial charge in [-0.3, -0.25) is 15.0 Å². The van der Waals surface area contributed by atoms with Gasteiger partial charge < -0.3 is 27.9 Å². The van der Waals surface area contributed by atoms with Crippen molar-refractivity contribution >= 4 is 61.4 Å². The molecule has 0 saturated carbocycles. The van der Waals surface area contributed by atoms with E-state index in [2.05, 4.69) is 103 Å². The molecule has 3 aromatic carbocycles. The molecule has 14 nitrogen and oxygen atoms in total. The van der Waals surface area contributed by atoms with Gasteiger partial charge in [-0.2, -0.15) is 15.8 Å². The molecule has 0 atom stereocenters. The number of aromatic nitrogens is 5. The van der Waals surface area contributed by atoms with Gasteiger partial charge in [-0.15, -0.1) is 0 Å². The zero-order valence-corrected chi connectivity index (χ0v) is 54.9. The van der Waals surface area contributed by atoms with E-state index in [0.29, 0.717) is 37.5 Å². The molecule has 0 radical (unpaired) electrons. The molecule has 0 spiro atoms. The molecule has 4 aromatic heterocycles. The highest BCUT2D eigenvalue weighted by Gasteiger charge is 2.64. The summed E-state index contributed by atoms with van der Waals surface area (Å²) in [7, 11) is -1.44. The van der Waals surface area contributed by atoms with Crippen LogP contribution in [0.2, 0.25) is 15.1 Å². The van der Waals surface area contributed by atoms with Crippen molar-refractivity contribution in [2.75, 3.05) is 0 Å². The van der Waals surface area contributed by atoms with Gasteiger partial charge in [-0.05, 0) is 195 Å². The molecule has 0 unspecified atom stereocenters. The van der Waals surface area contributed by atoms with Crippen LogP contribution in [0.4, 0.5) is 0 Å². The van der Waals surface area contributed by atoms with Gasteiger partial charge in [0.1, 0.15) is 6.33 Å². The van der Waals surface area contributed by atoms with E-state index in [-0.39, 0.29) is 33.2 Å². The molecule has 0 amide bonds. The Kier molecular flexibility index (Phi) is 21.7. The monoisotopic (exact) mass is 1210 g/mol. The Morgan fingerprint density at radius 3 is 1.23 bits per heavy atom. The fraction of sp³-hybridized carbons (Fsp3) is 0.394. The predicted octanol–water partition coefficient (Wildman–Crippen LogP) is 15.4. The lowest BCUT2D eigenvalue weighted by molar-refractivity contribution is 0.00578. The highest BCUT2D eigenvalue weighted by Crippen LogP contribution is 2.43. The smallest absolute Gasteiger partial charge is 0.405 e. The number of hydrogen-bond acceptors (Lipinski definition) is 14. The third kappa shape index (κ3) is 17.6. The van der Waals surface area contributed by atoms with Crippen molar-refractivity contribution in [3.05, 3.63) is 177 Å². The van der Waals surface area contributed by atoms with E-state index in [1.165, 1.54) is 17.5 Å². The van der Waals surface area contributed by atoms with Gasteiger partial charge in [0, 0.05) is 39.2 Å². The fourth-order valence-corrected chi connectivity index (χ4v) is 8.97. The van der Waals surface area contributed by atoms with E-state index in [1.54, 1.807) is 66.9 Å². The van der Waals surface area contributed by atoms with E-state index in [0.717, 1.165) is 33.8 Å². The van der Waals surface area contributed by atoms with E-state index in [4.69, 9.17) is 78.5 Å². The molecular weight excluding hydrogens is 1140 g/mol. The second-order valence-corrected chi connectivity index (χ2v) is 27.4. The van der Waals surface area contributed by atoms with Gasteiger partial charge in [0.2, 0.25) is 0 Å². The van der Waals surface area contributed by atoms with E-state index >= 15 is 0 Å². The maximum atomic E-state index is 9.01. The minimum atomic E-state index is -0.485. The molecule has 20 heteroatoms. The largest absolute Gasteiger partial charge is 0.494 e. The lowest BCUT2D eigenvalue weighted by Crippen LogP contribution is -2.41. The molecule has 86 heavy (non-hydrogen) atoms. The topological polar surface area (TPSA) is 191 Å². The minimum Gasteiger partial charge on any atom is -0.405 e. The van der Waals surface area contributed by atoms with Crippen LogP contribution in [0.15, 0.2) is 134 Å². The second kappa shape index (κ2) is 27.3. The number of hydrogen-bond donors (Lipinski definition) is 0. The summed E-state index contributed by atoms with van der Waals surface area (Å²) in [6.07, 6.45) is 7.10. The van der Waals surface area contributed by atoms with Crippen molar-refractivity contribution in [2.45, 2.75) is 169 Å². The summed E-state index contributed by atoms with van der Waals surface area (Å²) in [6, 6.07) is 39.1. The van der Waals surface area contributed by atoms with Crippen molar-refractivity contribution in [3.63, 3.8) is 0 Å². The predicted molar refractivity (Wildman–Crippen MR) is 346 cm³/mol. The number of benzene rings is 3. The Hall–Kier alpha value is -6.52. The molecule has 0 bridgehead atoms. The molecular formula is C66H76B3Cl3N8O6. The Balaban J connectivity index is 0.000000175. The summed E-state index contributed by atoms with van der Waals surface area (Å²) in [5.41, 5.74) is 7.72. The average molecular weight is 1220 g/mol. The zero-order chi connectivity index (χ0) is 63.8. The number of nitriles is 3. The summed E-state index contributed by atoms with van der Waals surface area (Å²) in [4.78, 5) is 21.8. The lowest BCUT2D eigenvalue weighted by Gasteiger charge is -2.32. The summed E-state index contributed by atoms with van der Waals surface area (Å²) >= 11 is 17.6. The van der Waals surface area contributed by atoms with Gasteiger partial charge in [-0.25, -0.2) is 9.97 Å². The van der Waals surface area contributed by atoms with Gasteiger partial charge in [0.25, 0.3) is 0 Å². The first-order chi connectivity index (χ1) is 39.9. The Labute approximate surface area is 525 Å². The van der Waals surface area contributed by atoms with Crippen molar-refractivity contribution in [1.82, 2.24) is 24.9 Å². The standard InChI is InChI=1S/C18H24N2.C16H9ClN4.C13H15BClNO2.C12H24B2O4.C7H4ClN/c1-17(2,3)13-7-9-15(19-11-13)16-10-8-14(12-20-16)18(4,5)6;17-13-6-11(9-18)5-12(7-13)15-8-16(21-10-20-15)14-3-1-2-4-19-14;1-12(2)13(3,4)18-14(17-12)10-5-9(8-16)6-11(15)7-10;1-9(2)10(3,4)16-13(15-9)14-17-11(5,6)12(7,8)18-14;8-7-3-1-2-6(4-7)5-9/h7-12H,1-6H3;1-8,10H;5-7H,1-4H3;1-8H3;1-4H. The first-order valence-corrected chi connectivity index (χ1v) is 29.3. The molecule has 0 N–H and O–H groups in total. The molecule has 0 aliphatic carbocycles. The maximum Gasteiger partial charge on any atom is 0.494 e. The molecule has 3 fully saturated rings. The summed E-state index contributed by atoms with van der Waals surface area (Å²) in [5, 5.41) is 27.9. The van der Waals surface area contributed by atoms with Crippen LogP contribution in [-0.2, 0) is 38.8 Å². The van der Waals surface area contributed by atoms with Crippen LogP contribution in [0.1, 0.15) is 152 Å². The summed E-state index contributed by atoms with van der Waals surface area (Å²) < 4.78 is 35.7. The zero-order valence-electron chi connectivity index (χ0n) is 52.6. The molecule has 3 aliphatic heterocycles. The fourth-order valence-electron chi connectivity index (χ4n) is 8.30. The summed E-state index contributed by atoms with van der Waals surface area (Å²) in [5.74, 6) is 0. The van der Waals surface area contributed by atoms with Crippen LogP contribution in [0, 0.1) is 34.0 Å². The van der Waals surface area contributed by atoms with Gasteiger partial charge in [0.15, 0.2) is 0 Å². The van der Waals surface area contributed by atoms with Crippen LogP contribution in [-0.4, -0.2) is 79.7 Å². The number of nitrogens with zero attached hydrogens (tertiary/aromatic N) is 8. The Morgan fingerprint density at radius 1 is 0.395 bits per heavy atom. The molecule has 3 aliphatic rings. The SMILES string of the molecule is CC(C)(C)c1ccc(-c2ccc(C(C)(C)C)cn2)nc1.CC1(C)OB(B2OC(C)(C)C(C)(C)O2)OC1(C)C.CC1(C)OB(c2cc(Cl)cc(C#N)c2)OC1(C)C.N#Cc1cc(Cl)cc(-c2cc(-c3ccccn3)ncn2)c1.N#Cc1cccc(Cl)c1. The molecule has 7 aromatic rings. The second-order valence-electron chi connectivity index (χ2n) is 26.1. The van der Waals surface area contributed by atoms with Crippen LogP contribution in [0.3, 0.4) is 0 Å². The van der Waals surface area contributed by atoms with Crippen molar-refractivity contribution in [1.29, 1.82) is 15.8 Å². The number of rotatable bonds is 5. The maximum absolute atomic E-state index is 9.01. The van der Waals surface area contributed by atoms with Gasteiger partial charge >= 0.3 is 21.1 Å². The van der Waals surface area contributed by atoms with Crippen LogP contribution in [0.5, 0.6) is 0 Å². The molecule has 446 valence electrons. The van der Waals surface area contributed by atoms with Gasteiger partial charge in [-0.1, -0.05) is 101 Å². The molecule has 10 rings (SSSR count). The van der Waals surface area contributed by atoms with E-state index < -0.39 is 32.3 Å². The van der Waals surface area contributed by atoms with Crippen LogP contribution in [0.25, 0.3) is 34.0 Å². The van der Waals surface area contributed by atoms with E-state index in [9.17, 15) is 0 Å². The lowest BCUT2D eigenvalue weighted by atomic mass is 9.49. The average Bonchev–Trinajstić information content (AvgIpc) is 2.05. The highest BCUT2D eigenvalue weighted by molar-refractivity contribution is 7.11. The van der Waals surface area contributed by atoms with Gasteiger partial charge in [0.05, 0.1) is 97.0 Å². The highest BCUT2D eigenvalue weighted by atomic mass is 35.5. The first-order valence-electron chi connectivity index (χ1n) is 28.2. The van der Waals surface area contributed by atoms with Crippen LogP contribution < -0.4 is 5.46 Å². The minimum absolute atomic E-state index is 0.134. The summed E-state index contributed by atoms with van der Waals surface area (Å²) in [6.45, 7) is 37.3. The van der Waals surface area contributed by atoms with Crippen molar-refractivity contribution in [3.8, 4) is 52.2 Å². The third-order valence-electron chi connectivity index (χ3n) is 15.7. The molecule has 7 heterocycles. The third-order valence-corrected chi connectivity index (χ3v) is 16.4. The number of pyridine rings is 3. The normalized spacial score (nSPS) is 17.3.